The van der Waals surface area contributed by atoms with Crippen LogP contribution in [0.4, 0.5) is 0 Å². The SMILES string of the molecule is CC(C)(C)S(=O)(=O)C1CCN(C(=O)C(c2ccccc2)c2ccccc2)C1. The van der Waals surface area contributed by atoms with Crippen molar-refractivity contribution in [2.24, 2.45) is 0 Å². The molecule has 1 amide bonds. The number of hydrogen-bond acceptors (Lipinski definition) is 3. The molecule has 1 fully saturated rings. The van der Waals surface area contributed by atoms with Gasteiger partial charge >= 0.3 is 0 Å². The van der Waals surface area contributed by atoms with Gasteiger partial charge in [0.1, 0.15) is 0 Å². The fourth-order valence-electron chi connectivity index (χ4n) is 3.63. The standard InChI is InChI=1S/C22H27NO3S/c1-22(2,3)27(25,26)19-14-15-23(16-19)21(24)20(17-10-6-4-7-11-17)18-12-8-5-9-13-18/h4-13,19-20H,14-16H2,1-3H3. The molecule has 5 heteroatoms. The Kier molecular flexibility index (Phi) is 5.43. The van der Waals surface area contributed by atoms with Gasteiger partial charge in [0.05, 0.1) is 15.9 Å². The van der Waals surface area contributed by atoms with E-state index in [1.165, 1.54) is 0 Å². The van der Waals surface area contributed by atoms with E-state index in [0.29, 0.717) is 13.0 Å². The molecule has 0 saturated carbocycles. The molecule has 0 aliphatic carbocycles. The van der Waals surface area contributed by atoms with Gasteiger partial charge in [0.25, 0.3) is 0 Å². The van der Waals surface area contributed by atoms with Gasteiger partial charge in [0, 0.05) is 13.1 Å². The maximum atomic E-state index is 13.4. The second-order valence-electron chi connectivity index (χ2n) is 8.11. The number of benzene rings is 2. The van der Waals surface area contributed by atoms with Crippen molar-refractivity contribution in [2.45, 2.75) is 43.1 Å². The quantitative estimate of drug-likeness (QED) is 0.807. The lowest BCUT2D eigenvalue weighted by Gasteiger charge is -2.26. The fourth-order valence-corrected chi connectivity index (χ4v) is 5.42. The van der Waals surface area contributed by atoms with Crippen LogP contribution in [0.5, 0.6) is 0 Å². The van der Waals surface area contributed by atoms with Crippen LogP contribution in [0, 0.1) is 0 Å². The largest absolute Gasteiger partial charge is 0.341 e. The summed E-state index contributed by atoms with van der Waals surface area (Å²) in [4.78, 5) is 15.1. The molecule has 0 radical (unpaired) electrons. The smallest absolute Gasteiger partial charge is 0.234 e. The topological polar surface area (TPSA) is 54.5 Å². The van der Waals surface area contributed by atoms with E-state index in [1.807, 2.05) is 60.7 Å². The van der Waals surface area contributed by atoms with Gasteiger partial charge in [-0.1, -0.05) is 60.7 Å². The second kappa shape index (κ2) is 7.47. The van der Waals surface area contributed by atoms with Crippen molar-refractivity contribution in [3.8, 4) is 0 Å². The van der Waals surface area contributed by atoms with E-state index in [9.17, 15) is 13.2 Å². The Balaban J connectivity index is 1.88. The fraction of sp³-hybridized carbons (Fsp3) is 0.409. The van der Waals surface area contributed by atoms with Crippen LogP contribution in [0.25, 0.3) is 0 Å². The molecule has 1 saturated heterocycles. The van der Waals surface area contributed by atoms with Gasteiger partial charge in [0.2, 0.25) is 5.91 Å². The minimum absolute atomic E-state index is 0.0287. The number of carbonyl (C=O) groups is 1. The number of rotatable bonds is 4. The van der Waals surface area contributed by atoms with Gasteiger partial charge in [-0.05, 0) is 38.3 Å². The van der Waals surface area contributed by atoms with E-state index < -0.39 is 25.8 Å². The molecule has 1 aliphatic heterocycles. The first kappa shape index (κ1) is 19.6. The predicted molar refractivity (Wildman–Crippen MR) is 108 cm³/mol. The Morgan fingerprint density at radius 2 is 1.44 bits per heavy atom. The van der Waals surface area contributed by atoms with Crippen LogP contribution in [-0.4, -0.2) is 42.3 Å². The normalized spacial score (nSPS) is 18.1. The number of likely N-dealkylation sites (tertiary alicyclic amines) is 1. The van der Waals surface area contributed by atoms with Crippen molar-refractivity contribution < 1.29 is 13.2 Å². The first-order valence-corrected chi connectivity index (χ1v) is 10.9. The van der Waals surface area contributed by atoms with Crippen molar-refractivity contribution in [2.75, 3.05) is 13.1 Å². The summed E-state index contributed by atoms with van der Waals surface area (Å²) in [6.07, 6.45) is 0.502. The maximum Gasteiger partial charge on any atom is 0.234 e. The third kappa shape index (κ3) is 3.93. The summed E-state index contributed by atoms with van der Waals surface area (Å²) in [5.41, 5.74) is 1.85. The molecule has 0 aromatic heterocycles. The van der Waals surface area contributed by atoms with E-state index in [0.717, 1.165) is 11.1 Å². The molecular weight excluding hydrogens is 358 g/mol. The maximum absolute atomic E-state index is 13.4. The Bertz CT molecular complexity index is 847. The van der Waals surface area contributed by atoms with E-state index in [1.54, 1.807) is 25.7 Å². The van der Waals surface area contributed by atoms with Gasteiger partial charge in [-0.25, -0.2) is 8.42 Å². The second-order valence-corrected chi connectivity index (χ2v) is 11.1. The lowest BCUT2D eigenvalue weighted by molar-refractivity contribution is -0.130. The molecule has 3 rings (SSSR count). The predicted octanol–water partition coefficient (Wildman–Crippen LogP) is 3.63. The number of amides is 1. The average molecular weight is 386 g/mol. The zero-order valence-corrected chi connectivity index (χ0v) is 16.9. The van der Waals surface area contributed by atoms with Crippen LogP contribution >= 0.6 is 0 Å². The zero-order chi connectivity index (χ0) is 19.7. The molecule has 27 heavy (non-hydrogen) atoms. The summed E-state index contributed by atoms with van der Waals surface area (Å²) >= 11 is 0. The molecule has 4 nitrogen and oxygen atoms in total. The van der Waals surface area contributed by atoms with Crippen LogP contribution < -0.4 is 0 Å². The van der Waals surface area contributed by atoms with Crippen LogP contribution in [-0.2, 0) is 14.6 Å². The first-order valence-electron chi connectivity index (χ1n) is 9.34. The minimum atomic E-state index is -3.29. The van der Waals surface area contributed by atoms with Crippen molar-refractivity contribution in [3.63, 3.8) is 0 Å². The monoisotopic (exact) mass is 385 g/mol. The Labute approximate surface area is 162 Å². The molecule has 0 spiro atoms. The summed E-state index contributed by atoms with van der Waals surface area (Å²) in [6.45, 7) is 5.93. The number of nitrogens with zero attached hydrogens (tertiary/aromatic N) is 1. The van der Waals surface area contributed by atoms with E-state index in [2.05, 4.69) is 0 Å². The summed E-state index contributed by atoms with van der Waals surface area (Å²) in [7, 11) is -3.29. The first-order chi connectivity index (χ1) is 12.7. The lowest BCUT2D eigenvalue weighted by atomic mass is 9.90. The van der Waals surface area contributed by atoms with Crippen LogP contribution in [0.2, 0.25) is 0 Å². The Hall–Kier alpha value is -2.14. The number of hydrogen-bond donors (Lipinski definition) is 0. The minimum Gasteiger partial charge on any atom is -0.341 e. The highest BCUT2D eigenvalue weighted by Crippen LogP contribution is 2.31. The molecule has 1 atom stereocenters. The van der Waals surface area contributed by atoms with Crippen molar-refractivity contribution in [3.05, 3.63) is 71.8 Å². The highest BCUT2D eigenvalue weighted by atomic mass is 32.2. The molecular formula is C22H27NO3S. The molecule has 0 N–H and O–H groups in total. The summed E-state index contributed by atoms with van der Waals surface area (Å²) in [6, 6.07) is 19.4. The number of sulfone groups is 1. The third-order valence-electron chi connectivity index (χ3n) is 5.26. The van der Waals surface area contributed by atoms with Gasteiger partial charge in [-0.2, -0.15) is 0 Å². The summed E-state index contributed by atoms with van der Waals surface area (Å²) < 4.78 is 24.8. The van der Waals surface area contributed by atoms with Crippen molar-refractivity contribution in [1.29, 1.82) is 0 Å². The molecule has 2 aromatic rings. The van der Waals surface area contributed by atoms with Crippen LogP contribution in [0.3, 0.4) is 0 Å². The molecule has 1 unspecified atom stereocenters. The third-order valence-corrected chi connectivity index (χ3v) is 8.23. The highest BCUT2D eigenvalue weighted by molar-refractivity contribution is 7.93. The number of carbonyl (C=O) groups excluding carboxylic acids is 1. The zero-order valence-electron chi connectivity index (χ0n) is 16.1. The average Bonchev–Trinajstić information content (AvgIpc) is 3.14. The van der Waals surface area contributed by atoms with Crippen LogP contribution in [0.15, 0.2) is 60.7 Å². The summed E-state index contributed by atoms with van der Waals surface area (Å²) in [5.74, 6) is -0.442. The van der Waals surface area contributed by atoms with Crippen molar-refractivity contribution >= 4 is 15.7 Å². The van der Waals surface area contributed by atoms with E-state index in [-0.39, 0.29) is 12.5 Å². The molecule has 2 aromatic carbocycles. The van der Waals surface area contributed by atoms with Gasteiger partial charge in [-0.3, -0.25) is 4.79 Å². The van der Waals surface area contributed by atoms with Gasteiger partial charge < -0.3 is 4.90 Å². The lowest BCUT2D eigenvalue weighted by Crippen LogP contribution is -2.40. The van der Waals surface area contributed by atoms with E-state index >= 15 is 0 Å². The van der Waals surface area contributed by atoms with Gasteiger partial charge in [-0.15, -0.1) is 0 Å². The molecule has 0 bridgehead atoms. The molecule has 144 valence electrons. The van der Waals surface area contributed by atoms with Crippen molar-refractivity contribution in [1.82, 2.24) is 4.90 Å². The van der Waals surface area contributed by atoms with Crippen LogP contribution in [0.1, 0.15) is 44.2 Å². The summed E-state index contributed by atoms with van der Waals surface area (Å²) in [5, 5.41) is -0.492. The molecule has 1 heterocycles. The Morgan fingerprint density at radius 3 is 1.89 bits per heavy atom. The van der Waals surface area contributed by atoms with Gasteiger partial charge in [0.15, 0.2) is 9.84 Å². The van der Waals surface area contributed by atoms with E-state index in [4.69, 9.17) is 0 Å². The Morgan fingerprint density at radius 1 is 0.963 bits per heavy atom. The highest BCUT2D eigenvalue weighted by Gasteiger charge is 2.43. The molecule has 1 aliphatic rings.